The molecule has 8 heteroatoms. The van der Waals surface area contributed by atoms with Crippen molar-refractivity contribution in [3.63, 3.8) is 0 Å². The number of rotatable bonds is 3. The largest absolute Gasteiger partial charge is 0.295 e. The molecule has 0 atom stereocenters. The Morgan fingerprint density at radius 2 is 1.93 bits per heavy atom. The zero-order chi connectivity index (χ0) is 19.5. The number of nitrogens with zero attached hydrogens (tertiary/aromatic N) is 5. The van der Waals surface area contributed by atoms with Gasteiger partial charge in [-0.1, -0.05) is 35.9 Å². The summed E-state index contributed by atoms with van der Waals surface area (Å²) in [7, 11) is 1.70. The maximum Gasteiger partial charge on any atom is 0.267 e. The van der Waals surface area contributed by atoms with Crippen LogP contribution in [-0.4, -0.2) is 51.5 Å². The van der Waals surface area contributed by atoms with Gasteiger partial charge in [-0.15, -0.1) is 0 Å². The number of ketones is 1. The quantitative estimate of drug-likeness (QED) is 0.762. The van der Waals surface area contributed by atoms with Crippen LogP contribution in [0, 0.1) is 0 Å². The molecular formula is C19H20ClN5O2. The van der Waals surface area contributed by atoms with E-state index in [2.05, 4.69) is 10.1 Å². The van der Waals surface area contributed by atoms with E-state index in [1.54, 1.807) is 23.9 Å². The summed E-state index contributed by atoms with van der Waals surface area (Å²) in [5, 5.41) is 4.92. The summed E-state index contributed by atoms with van der Waals surface area (Å²) < 4.78 is 1.62. The number of hydrogen-bond donors (Lipinski definition) is 0. The third-order valence-electron chi connectivity index (χ3n) is 4.83. The Morgan fingerprint density at radius 3 is 2.56 bits per heavy atom. The van der Waals surface area contributed by atoms with Crippen LogP contribution in [0.3, 0.4) is 0 Å². The molecule has 1 amide bonds. The Labute approximate surface area is 162 Å². The first-order valence-corrected chi connectivity index (χ1v) is 9.07. The van der Waals surface area contributed by atoms with Crippen LogP contribution >= 0.6 is 11.6 Å². The Hall–Kier alpha value is -2.67. The van der Waals surface area contributed by atoms with E-state index in [4.69, 9.17) is 11.6 Å². The SMILES string of the molecule is CC(=O)c1ccc(Cn2nc3c(c2Cl)C(=O)N(C)C2=NC(C)(C)CN23)cc1. The molecule has 0 spiro atoms. The molecule has 7 nitrogen and oxygen atoms in total. The van der Waals surface area contributed by atoms with Crippen LogP contribution in [0.15, 0.2) is 29.3 Å². The third-order valence-corrected chi connectivity index (χ3v) is 5.21. The number of benzene rings is 1. The predicted octanol–water partition coefficient (Wildman–Crippen LogP) is 2.83. The molecule has 0 fully saturated rings. The lowest BCUT2D eigenvalue weighted by Crippen LogP contribution is -2.48. The van der Waals surface area contributed by atoms with Gasteiger partial charge in [0.05, 0.1) is 18.6 Å². The van der Waals surface area contributed by atoms with Crippen LogP contribution in [0.25, 0.3) is 0 Å². The minimum Gasteiger partial charge on any atom is -0.295 e. The smallest absolute Gasteiger partial charge is 0.267 e. The van der Waals surface area contributed by atoms with Gasteiger partial charge in [0.15, 0.2) is 11.6 Å². The first kappa shape index (κ1) is 17.7. The molecule has 0 saturated heterocycles. The molecule has 2 aliphatic rings. The molecule has 4 rings (SSSR count). The third kappa shape index (κ3) is 2.82. The number of guanidine groups is 1. The van der Waals surface area contributed by atoms with E-state index in [9.17, 15) is 9.59 Å². The first-order chi connectivity index (χ1) is 12.7. The highest BCUT2D eigenvalue weighted by molar-refractivity contribution is 6.35. The number of anilines is 1. The average molecular weight is 386 g/mol. The van der Waals surface area contributed by atoms with E-state index in [0.717, 1.165) is 5.56 Å². The molecule has 0 aliphatic carbocycles. The monoisotopic (exact) mass is 385 g/mol. The van der Waals surface area contributed by atoms with E-state index >= 15 is 0 Å². The van der Waals surface area contributed by atoms with E-state index < -0.39 is 0 Å². The van der Waals surface area contributed by atoms with Crippen molar-refractivity contribution in [2.24, 2.45) is 4.99 Å². The predicted molar refractivity (Wildman–Crippen MR) is 104 cm³/mol. The summed E-state index contributed by atoms with van der Waals surface area (Å²) in [6.45, 7) is 6.61. The van der Waals surface area contributed by atoms with Crippen molar-refractivity contribution < 1.29 is 9.59 Å². The molecule has 140 valence electrons. The summed E-state index contributed by atoms with van der Waals surface area (Å²) in [6, 6.07) is 7.30. The Bertz CT molecular complexity index is 990. The second kappa shape index (κ2) is 5.92. The highest BCUT2D eigenvalue weighted by Crippen LogP contribution is 2.37. The van der Waals surface area contributed by atoms with Gasteiger partial charge in [0, 0.05) is 12.6 Å². The average Bonchev–Trinajstić information content (AvgIpc) is 3.10. The molecule has 0 unspecified atom stereocenters. The van der Waals surface area contributed by atoms with Crippen molar-refractivity contribution in [1.82, 2.24) is 14.7 Å². The second-order valence-electron chi connectivity index (χ2n) is 7.57. The summed E-state index contributed by atoms with van der Waals surface area (Å²) in [6.07, 6.45) is 0. The zero-order valence-corrected chi connectivity index (χ0v) is 16.4. The number of carbonyl (C=O) groups excluding carboxylic acids is 2. The van der Waals surface area contributed by atoms with Crippen molar-refractivity contribution in [3.05, 3.63) is 46.1 Å². The van der Waals surface area contributed by atoms with Gasteiger partial charge in [-0.3, -0.25) is 19.4 Å². The Kier molecular flexibility index (Phi) is 3.89. The van der Waals surface area contributed by atoms with E-state index in [0.29, 0.717) is 41.1 Å². The van der Waals surface area contributed by atoms with Crippen LogP contribution in [0.2, 0.25) is 5.15 Å². The van der Waals surface area contributed by atoms with Crippen LogP contribution in [0.5, 0.6) is 0 Å². The Morgan fingerprint density at radius 1 is 1.26 bits per heavy atom. The molecule has 0 N–H and O–H groups in total. The number of carbonyl (C=O) groups is 2. The molecule has 0 radical (unpaired) electrons. The maximum atomic E-state index is 12.8. The molecule has 2 aromatic rings. The number of hydrogen-bond acceptors (Lipinski definition) is 5. The molecule has 3 heterocycles. The number of fused-ring (bicyclic) bond motifs is 3. The van der Waals surface area contributed by atoms with Gasteiger partial charge in [-0.25, -0.2) is 9.67 Å². The van der Waals surface area contributed by atoms with Gasteiger partial charge in [-0.05, 0) is 26.3 Å². The highest BCUT2D eigenvalue weighted by Gasteiger charge is 2.44. The molecule has 2 aliphatic heterocycles. The van der Waals surface area contributed by atoms with Crippen molar-refractivity contribution in [3.8, 4) is 0 Å². The number of aliphatic imine (C=N–C) groups is 1. The number of amides is 1. The van der Waals surface area contributed by atoms with Crippen LogP contribution in [-0.2, 0) is 6.54 Å². The van der Waals surface area contributed by atoms with E-state index in [-0.39, 0.29) is 17.2 Å². The van der Waals surface area contributed by atoms with Gasteiger partial charge in [-0.2, -0.15) is 5.10 Å². The lowest BCUT2D eigenvalue weighted by molar-refractivity contribution is 0.0865. The van der Waals surface area contributed by atoms with Gasteiger partial charge < -0.3 is 0 Å². The van der Waals surface area contributed by atoms with Gasteiger partial charge >= 0.3 is 0 Å². The zero-order valence-electron chi connectivity index (χ0n) is 15.7. The second-order valence-corrected chi connectivity index (χ2v) is 7.93. The molecular weight excluding hydrogens is 366 g/mol. The van der Waals surface area contributed by atoms with E-state index in [1.165, 1.54) is 11.8 Å². The summed E-state index contributed by atoms with van der Waals surface area (Å²) in [5.41, 5.74) is 1.69. The fraction of sp³-hybridized carbons (Fsp3) is 0.368. The molecule has 0 bridgehead atoms. The van der Waals surface area contributed by atoms with Crippen LogP contribution in [0.4, 0.5) is 5.82 Å². The standard InChI is InChI=1S/C19H20ClN5O2/c1-11(26)13-7-5-12(6-8-13)9-25-15(20)14-16(22-25)24-10-19(2,3)21-18(24)23(4)17(14)27/h5-8H,9-10H2,1-4H3. The summed E-state index contributed by atoms with van der Waals surface area (Å²) >= 11 is 6.53. The summed E-state index contributed by atoms with van der Waals surface area (Å²) in [4.78, 5) is 32.4. The van der Waals surface area contributed by atoms with Crippen molar-refractivity contribution in [2.75, 3.05) is 18.5 Å². The molecule has 0 saturated carbocycles. The normalized spacial score (nSPS) is 17.7. The van der Waals surface area contributed by atoms with E-state index in [1.807, 2.05) is 30.9 Å². The highest BCUT2D eigenvalue weighted by atomic mass is 35.5. The van der Waals surface area contributed by atoms with Gasteiger partial charge in [0.2, 0.25) is 5.96 Å². The number of Topliss-reactive ketones (excluding diaryl/α,β-unsaturated/α-hetero) is 1. The maximum absolute atomic E-state index is 12.8. The lowest BCUT2D eigenvalue weighted by Gasteiger charge is -2.30. The Balaban J connectivity index is 1.72. The van der Waals surface area contributed by atoms with Crippen molar-refractivity contribution in [2.45, 2.75) is 32.9 Å². The minimum atomic E-state index is -0.301. The summed E-state index contributed by atoms with van der Waals surface area (Å²) in [5.74, 6) is 0.963. The fourth-order valence-corrected chi connectivity index (χ4v) is 3.70. The lowest BCUT2D eigenvalue weighted by atomic mass is 10.1. The molecule has 1 aromatic carbocycles. The van der Waals surface area contributed by atoms with Crippen LogP contribution in [0.1, 0.15) is 47.1 Å². The first-order valence-electron chi connectivity index (χ1n) is 8.69. The van der Waals surface area contributed by atoms with Gasteiger partial charge in [0.25, 0.3) is 5.91 Å². The molecule has 1 aromatic heterocycles. The number of halogens is 1. The van der Waals surface area contributed by atoms with Gasteiger partial charge in [0.1, 0.15) is 10.7 Å². The minimum absolute atomic E-state index is 0.0197. The number of aromatic nitrogens is 2. The van der Waals surface area contributed by atoms with Crippen molar-refractivity contribution in [1.29, 1.82) is 0 Å². The van der Waals surface area contributed by atoms with Crippen molar-refractivity contribution >= 4 is 35.1 Å². The fourth-order valence-electron chi connectivity index (χ4n) is 3.43. The molecule has 27 heavy (non-hydrogen) atoms. The topological polar surface area (TPSA) is 70.8 Å². The van der Waals surface area contributed by atoms with Crippen LogP contribution < -0.4 is 4.90 Å².